The van der Waals surface area contributed by atoms with Crippen molar-refractivity contribution in [3.63, 3.8) is 0 Å². The summed E-state index contributed by atoms with van der Waals surface area (Å²) in [5.74, 6) is 0. The first-order valence-electron chi connectivity index (χ1n) is 1.43. The van der Waals surface area contributed by atoms with Crippen molar-refractivity contribution in [3.05, 3.63) is 0 Å². The molecule has 0 aliphatic rings. The van der Waals surface area contributed by atoms with E-state index in [9.17, 15) is 19.1 Å². The predicted molar refractivity (Wildman–Crippen MR) is 21.9 cm³/mol. The van der Waals surface area contributed by atoms with Gasteiger partial charge in [0.15, 0.2) is 0 Å². The zero-order valence-corrected chi connectivity index (χ0v) is 6.96. The summed E-state index contributed by atoms with van der Waals surface area (Å²) in [5.41, 5.74) is 4.15. The molecule has 0 rings (SSSR count). The van der Waals surface area contributed by atoms with Crippen LogP contribution in [0.3, 0.4) is 0 Å². The largest absolute Gasteiger partial charge is 1.00 e. The van der Waals surface area contributed by atoms with Crippen molar-refractivity contribution in [3.8, 4) is 0 Å². The molecule has 11 heavy (non-hydrogen) atoms. The minimum absolute atomic E-state index is 0. The molecule has 0 saturated carbocycles. The molecule has 56 valence electrons. The summed E-state index contributed by atoms with van der Waals surface area (Å²) in [6, 6.07) is 0. The fraction of sp³-hybridized carbons (Fsp3) is 0. The average Bonchev–Trinajstić information content (AvgIpc) is 1.21. The molecule has 0 atom stereocenters. The monoisotopic (exact) mass is 171 g/mol. The number of hydrogen-bond acceptors (Lipinski definition) is 5. The first-order valence-corrected chi connectivity index (χ1v) is 2.89. The first-order chi connectivity index (χ1) is 3.42. The zero-order valence-electron chi connectivity index (χ0n) is 6.07. The Morgan fingerprint density at radius 1 is 1.36 bits per heavy atom. The number of rotatable bonds is 1. The van der Waals surface area contributed by atoms with E-state index in [1.165, 1.54) is 0 Å². The fourth-order valence-electron chi connectivity index (χ4n) is 0.110. The molecule has 0 spiro atoms. The van der Waals surface area contributed by atoms with Crippen LogP contribution < -0.4 is 53.2 Å². The van der Waals surface area contributed by atoms with E-state index in [1.807, 2.05) is 0 Å². The maximum absolute atomic E-state index is 9.44. The van der Waals surface area contributed by atoms with Crippen LogP contribution in [0.25, 0.3) is 0 Å². The van der Waals surface area contributed by atoms with Crippen molar-refractivity contribution in [1.29, 1.82) is 0 Å². The van der Waals surface area contributed by atoms with Gasteiger partial charge in [-0.2, -0.15) is 0 Å². The second kappa shape index (κ2) is 8.67. The number of phosphoric acid groups is 1. The van der Waals surface area contributed by atoms with E-state index in [2.05, 4.69) is 10.3 Å². The Morgan fingerprint density at radius 3 is 1.64 bits per heavy atom. The van der Waals surface area contributed by atoms with Gasteiger partial charge >= 0.3 is 43.8 Å². The number of amides is 1. The van der Waals surface area contributed by atoms with Crippen molar-refractivity contribution in [2.75, 3.05) is 0 Å². The summed E-state index contributed by atoms with van der Waals surface area (Å²) >= 11 is 0. The Morgan fingerprint density at radius 2 is 1.64 bits per heavy atom. The van der Waals surface area contributed by atoms with Crippen LogP contribution in [-0.2, 0) is 9.09 Å². The molecule has 0 fully saturated rings. The van der Waals surface area contributed by atoms with Gasteiger partial charge in [0.2, 0.25) is 0 Å². The van der Waals surface area contributed by atoms with Crippen molar-refractivity contribution in [1.82, 2.24) is 0 Å². The van der Waals surface area contributed by atoms with Gasteiger partial charge in [-0.25, -0.2) is 4.79 Å². The van der Waals surface area contributed by atoms with E-state index < -0.39 is 13.9 Å². The third kappa shape index (κ3) is 25.0. The Kier molecular flexibility index (Phi) is 17.8. The van der Waals surface area contributed by atoms with Gasteiger partial charge in [0, 0.05) is 0 Å². The van der Waals surface area contributed by atoms with Crippen LogP contribution in [-0.4, -0.2) is 11.6 Å². The smallest absolute Gasteiger partial charge is 0.780 e. The number of carbonyl (C=O) groups is 1. The topological polar surface area (TPSA) is 147 Å². The number of nitrogens with two attached hydrogens (primary N) is 1. The maximum atomic E-state index is 9.44. The molecule has 4 N–H and O–H groups in total. The second-order valence-corrected chi connectivity index (χ2v) is 1.93. The standard InChI is InChI=1S/CH4NO5P.2Li.H2O/c2-1(3)7-8(4,5)6;;;/h(H2,2,3)(H2,4,5,6);;;1H2/q;2*+1;/p-2. The normalized spacial score (nSPS) is 7.82. The molecule has 0 bridgehead atoms. The molecule has 10 heteroatoms. The molecular weight excluding hydrogens is 167 g/mol. The van der Waals surface area contributed by atoms with Crippen LogP contribution in [0.4, 0.5) is 4.79 Å². The molecule has 0 aromatic carbocycles. The van der Waals surface area contributed by atoms with Crippen LogP contribution in [0.2, 0.25) is 0 Å². The van der Waals surface area contributed by atoms with E-state index in [1.54, 1.807) is 0 Å². The minimum atomic E-state index is -5.20. The third-order valence-electron chi connectivity index (χ3n) is 0.202. The van der Waals surface area contributed by atoms with Crippen molar-refractivity contribution >= 4 is 13.9 Å². The quantitative estimate of drug-likeness (QED) is 0.307. The second-order valence-electron chi connectivity index (χ2n) is 0.858. The Hall–Kier alpha value is 0.575. The van der Waals surface area contributed by atoms with E-state index in [0.717, 1.165) is 0 Å². The number of carbonyl (C=O) groups excluding carboxylic acids is 1. The summed E-state index contributed by atoms with van der Waals surface area (Å²) in [7, 11) is -5.20. The van der Waals surface area contributed by atoms with Crippen molar-refractivity contribution in [2.24, 2.45) is 5.73 Å². The molecule has 0 aliphatic carbocycles. The fourth-order valence-corrected chi connectivity index (χ4v) is 0.331. The SMILES string of the molecule is NC(=O)OP(=O)([O-])[O-].O.[Li+].[Li+]. The predicted octanol–water partition coefficient (Wildman–Crippen LogP) is -8.91. The van der Waals surface area contributed by atoms with Gasteiger partial charge in [0.1, 0.15) is 7.82 Å². The van der Waals surface area contributed by atoms with Crippen LogP contribution in [0, 0.1) is 0 Å². The van der Waals surface area contributed by atoms with Crippen LogP contribution in [0.1, 0.15) is 0 Å². The third-order valence-corrected chi connectivity index (χ3v) is 0.605. The molecule has 0 radical (unpaired) electrons. The van der Waals surface area contributed by atoms with Gasteiger partial charge in [-0.3, -0.25) is 0 Å². The number of hydrogen-bond donors (Lipinski definition) is 1. The molecule has 0 aromatic rings. The Bertz CT molecular complexity index is 144. The van der Waals surface area contributed by atoms with Crippen LogP contribution in [0.15, 0.2) is 0 Å². The number of phosphoric ester groups is 1. The number of primary amides is 1. The van der Waals surface area contributed by atoms with Crippen molar-refractivity contribution in [2.45, 2.75) is 0 Å². The van der Waals surface area contributed by atoms with Gasteiger partial charge < -0.3 is 30.1 Å². The van der Waals surface area contributed by atoms with Gasteiger partial charge in [0.05, 0.1) is 0 Å². The van der Waals surface area contributed by atoms with E-state index in [-0.39, 0.29) is 43.2 Å². The molecule has 0 saturated heterocycles. The molecule has 0 unspecified atom stereocenters. The van der Waals surface area contributed by atoms with Crippen LogP contribution in [0.5, 0.6) is 0 Å². The average molecular weight is 171 g/mol. The summed E-state index contributed by atoms with van der Waals surface area (Å²) in [4.78, 5) is 28.2. The van der Waals surface area contributed by atoms with Gasteiger partial charge in [0.25, 0.3) is 0 Å². The summed E-state index contributed by atoms with van der Waals surface area (Å²) in [5, 5.41) is 0. The van der Waals surface area contributed by atoms with Crippen molar-refractivity contribution < 1.29 is 66.9 Å². The molecule has 1 amide bonds. The molecule has 0 heterocycles. The molecule has 0 aliphatic heterocycles. The van der Waals surface area contributed by atoms with E-state index >= 15 is 0 Å². The summed E-state index contributed by atoms with van der Waals surface area (Å²) in [6.07, 6.45) is -1.61. The first kappa shape index (κ1) is 22.6. The molecule has 0 aromatic heterocycles. The van der Waals surface area contributed by atoms with Gasteiger partial charge in [-0.1, -0.05) is 0 Å². The van der Waals surface area contributed by atoms with Gasteiger partial charge in [-0.05, 0) is 0 Å². The summed E-state index contributed by atoms with van der Waals surface area (Å²) < 4.78 is 12.4. The Balaban J connectivity index is -0.0000000817. The van der Waals surface area contributed by atoms with Crippen LogP contribution >= 0.6 is 7.82 Å². The minimum Gasteiger partial charge on any atom is -0.780 e. The molecular formula is CH4Li2NO6P. The zero-order chi connectivity index (χ0) is 6.78. The van der Waals surface area contributed by atoms with E-state index in [4.69, 9.17) is 0 Å². The maximum Gasteiger partial charge on any atom is 1.00 e. The van der Waals surface area contributed by atoms with Gasteiger partial charge in [-0.15, -0.1) is 0 Å². The van der Waals surface area contributed by atoms with E-state index in [0.29, 0.717) is 0 Å². The molecule has 7 nitrogen and oxygen atoms in total. The Labute approximate surface area is 86.6 Å². The summed E-state index contributed by atoms with van der Waals surface area (Å²) in [6.45, 7) is 0.